The van der Waals surface area contributed by atoms with Crippen LogP contribution in [0.2, 0.25) is 0 Å². The molecule has 0 heteroatoms. The summed E-state index contributed by atoms with van der Waals surface area (Å²) < 4.78 is 0. The first-order chi connectivity index (χ1) is 8.95. The quantitative estimate of drug-likeness (QED) is 0.525. The Kier molecular flexibility index (Phi) is 9.14. The van der Waals surface area contributed by atoms with E-state index in [1.165, 1.54) is 19.3 Å². The van der Waals surface area contributed by atoms with Crippen LogP contribution < -0.4 is 0 Å². The van der Waals surface area contributed by atoms with E-state index in [-0.39, 0.29) is 0 Å². The minimum atomic E-state index is 0.667. The highest BCUT2D eigenvalue weighted by atomic mass is 14.3. The molecule has 2 unspecified atom stereocenters. The molecule has 0 aromatic rings. The fourth-order valence-electron chi connectivity index (χ4n) is 2.85. The standard InChI is InChI=1S/C14H24.C3H6.C2H6/c1-9(2)13-8-7-11(5)14(10(3)4)12(13)6;1-2-3-1;1-2/h7-11,14H,1-6H3;1-3H2;1-2H3. The lowest BCUT2D eigenvalue weighted by Gasteiger charge is -2.32. The van der Waals surface area contributed by atoms with E-state index in [0.29, 0.717) is 11.8 Å². The van der Waals surface area contributed by atoms with Crippen molar-refractivity contribution in [3.8, 4) is 0 Å². The lowest BCUT2D eigenvalue weighted by atomic mass is 9.73. The third-order valence-electron chi connectivity index (χ3n) is 3.79. The van der Waals surface area contributed by atoms with Gasteiger partial charge in [0.25, 0.3) is 0 Å². The van der Waals surface area contributed by atoms with Crippen molar-refractivity contribution in [1.29, 1.82) is 0 Å². The molecule has 1 saturated carbocycles. The molecule has 0 bridgehead atoms. The molecule has 0 N–H and O–H groups in total. The van der Waals surface area contributed by atoms with Gasteiger partial charge in [-0.05, 0) is 36.2 Å². The van der Waals surface area contributed by atoms with Crippen LogP contribution in [0.15, 0.2) is 23.3 Å². The van der Waals surface area contributed by atoms with Gasteiger partial charge in [-0.25, -0.2) is 0 Å². The van der Waals surface area contributed by atoms with Crippen molar-refractivity contribution in [2.75, 3.05) is 0 Å². The molecule has 0 aromatic carbocycles. The molecule has 2 atom stereocenters. The Balaban J connectivity index is 0.000000548. The highest BCUT2D eigenvalue weighted by molar-refractivity contribution is 5.33. The van der Waals surface area contributed by atoms with E-state index in [1.807, 2.05) is 13.8 Å². The van der Waals surface area contributed by atoms with E-state index in [2.05, 4.69) is 53.7 Å². The predicted molar refractivity (Wildman–Crippen MR) is 89.4 cm³/mol. The van der Waals surface area contributed by atoms with Crippen molar-refractivity contribution in [1.82, 2.24) is 0 Å². The summed E-state index contributed by atoms with van der Waals surface area (Å²) in [6.45, 7) is 17.9. The Morgan fingerprint density at radius 1 is 1.00 bits per heavy atom. The summed E-state index contributed by atoms with van der Waals surface area (Å²) in [6, 6.07) is 0. The van der Waals surface area contributed by atoms with Gasteiger partial charge < -0.3 is 0 Å². The van der Waals surface area contributed by atoms with E-state index in [4.69, 9.17) is 0 Å². The largest absolute Gasteiger partial charge is 0.0808 e. The summed E-state index contributed by atoms with van der Waals surface area (Å²) in [5.41, 5.74) is 3.17. The third-order valence-corrected chi connectivity index (χ3v) is 3.79. The van der Waals surface area contributed by atoms with Crippen LogP contribution in [-0.2, 0) is 0 Å². The van der Waals surface area contributed by atoms with Crippen molar-refractivity contribution in [3.63, 3.8) is 0 Å². The maximum atomic E-state index is 2.38. The van der Waals surface area contributed by atoms with Crippen LogP contribution in [0.25, 0.3) is 0 Å². The first kappa shape index (κ1) is 18.5. The first-order valence-electron chi connectivity index (χ1n) is 8.34. The van der Waals surface area contributed by atoms with Crippen LogP contribution in [-0.4, -0.2) is 0 Å². The van der Waals surface area contributed by atoms with Gasteiger partial charge in [0.2, 0.25) is 0 Å². The molecule has 0 saturated heterocycles. The van der Waals surface area contributed by atoms with E-state index in [9.17, 15) is 0 Å². The normalized spacial score (nSPS) is 24.7. The van der Waals surface area contributed by atoms with Gasteiger partial charge in [-0.1, -0.05) is 85.5 Å². The topological polar surface area (TPSA) is 0 Å². The summed E-state index contributed by atoms with van der Waals surface area (Å²) in [6.07, 6.45) is 9.22. The van der Waals surface area contributed by atoms with Gasteiger partial charge in [0.05, 0.1) is 0 Å². The van der Waals surface area contributed by atoms with Crippen molar-refractivity contribution < 1.29 is 0 Å². The Hall–Kier alpha value is -0.520. The molecule has 2 rings (SSSR count). The van der Waals surface area contributed by atoms with Crippen molar-refractivity contribution >= 4 is 0 Å². The van der Waals surface area contributed by atoms with E-state index < -0.39 is 0 Å². The molecule has 0 nitrogen and oxygen atoms in total. The van der Waals surface area contributed by atoms with Crippen LogP contribution in [0.1, 0.15) is 74.7 Å². The van der Waals surface area contributed by atoms with Gasteiger partial charge in [0, 0.05) is 0 Å². The zero-order valence-electron chi connectivity index (χ0n) is 14.6. The molecular formula is C19H36. The Labute approximate surface area is 122 Å². The molecule has 2 aliphatic carbocycles. The van der Waals surface area contributed by atoms with Gasteiger partial charge >= 0.3 is 0 Å². The second-order valence-corrected chi connectivity index (χ2v) is 6.34. The number of hydrogen-bond acceptors (Lipinski definition) is 0. The molecular weight excluding hydrogens is 228 g/mol. The average Bonchev–Trinajstić information content (AvgIpc) is 3.18. The number of allylic oxidation sites excluding steroid dienone is 4. The van der Waals surface area contributed by atoms with Crippen LogP contribution in [0, 0.1) is 23.7 Å². The van der Waals surface area contributed by atoms with E-state index in [1.54, 1.807) is 11.1 Å². The zero-order valence-corrected chi connectivity index (χ0v) is 14.6. The van der Waals surface area contributed by atoms with Crippen molar-refractivity contribution in [3.05, 3.63) is 23.3 Å². The maximum Gasteiger partial charge on any atom is -0.0117 e. The third kappa shape index (κ3) is 6.45. The number of hydrogen-bond donors (Lipinski definition) is 0. The van der Waals surface area contributed by atoms with Gasteiger partial charge in [0.1, 0.15) is 0 Å². The highest BCUT2D eigenvalue weighted by Crippen LogP contribution is 2.37. The molecule has 0 aliphatic heterocycles. The molecule has 0 aromatic heterocycles. The van der Waals surface area contributed by atoms with Crippen molar-refractivity contribution in [2.45, 2.75) is 74.7 Å². The molecule has 0 spiro atoms. The Bertz CT molecular complexity index is 286. The first-order valence-corrected chi connectivity index (χ1v) is 8.34. The van der Waals surface area contributed by atoms with E-state index in [0.717, 1.165) is 11.8 Å². The lowest BCUT2D eigenvalue weighted by molar-refractivity contribution is 0.355. The predicted octanol–water partition coefficient (Wildman–Crippen LogP) is 6.63. The van der Waals surface area contributed by atoms with Gasteiger partial charge in [0.15, 0.2) is 0 Å². The molecule has 112 valence electrons. The molecule has 19 heavy (non-hydrogen) atoms. The Morgan fingerprint density at radius 3 is 1.79 bits per heavy atom. The fourth-order valence-corrected chi connectivity index (χ4v) is 2.85. The Morgan fingerprint density at radius 2 is 1.47 bits per heavy atom. The smallest absolute Gasteiger partial charge is 0.0117 e. The van der Waals surface area contributed by atoms with Gasteiger partial charge in [-0.2, -0.15) is 0 Å². The monoisotopic (exact) mass is 264 g/mol. The zero-order chi connectivity index (χ0) is 15.0. The van der Waals surface area contributed by atoms with Crippen LogP contribution in [0.3, 0.4) is 0 Å². The second-order valence-electron chi connectivity index (χ2n) is 6.34. The van der Waals surface area contributed by atoms with Gasteiger partial charge in [-0.3, -0.25) is 0 Å². The summed E-state index contributed by atoms with van der Waals surface area (Å²) in [5.74, 6) is 2.87. The fraction of sp³-hybridized carbons (Fsp3) is 0.789. The molecule has 0 amide bonds. The average molecular weight is 264 g/mol. The summed E-state index contributed by atoms with van der Waals surface area (Å²) >= 11 is 0. The van der Waals surface area contributed by atoms with Crippen LogP contribution >= 0.6 is 0 Å². The maximum absolute atomic E-state index is 2.38. The molecule has 0 radical (unpaired) electrons. The summed E-state index contributed by atoms with van der Waals surface area (Å²) in [4.78, 5) is 0. The molecule has 1 fully saturated rings. The van der Waals surface area contributed by atoms with Crippen LogP contribution in [0.5, 0.6) is 0 Å². The molecule has 2 aliphatic rings. The number of rotatable bonds is 2. The lowest BCUT2D eigenvalue weighted by Crippen LogP contribution is -2.22. The summed E-state index contributed by atoms with van der Waals surface area (Å²) in [7, 11) is 0. The highest BCUT2D eigenvalue weighted by Gasteiger charge is 2.25. The van der Waals surface area contributed by atoms with Crippen LogP contribution in [0.4, 0.5) is 0 Å². The SMILES string of the molecule is C1CC1.CC.CC1=C(C(C)C)C=CC(C)C1C(C)C. The van der Waals surface area contributed by atoms with Crippen molar-refractivity contribution in [2.24, 2.45) is 23.7 Å². The molecule has 0 heterocycles. The second kappa shape index (κ2) is 9.39. The summed E-state index contributed by atoms with van der Waals surface area (Å²) in [5, 5.41) is 0. The van der Waals surface area contributed by atoms with Gasteiger partial charge in [-0.15, -0.1) is 0 Å². The minimum absolute atomic E-state index is 0.667. The minimum Gasteiger partial charge on any atom is -0.0808 e. The van der Waals surface area contributed by atoms with E-state index >= 15 is 0 Å².